The molecule has 146 valence electrons. The molecule has 9 heteroatoms. The molecule has 0 spiro atoms. The predicted octanol–water partition coefficient (Wildman–Crippen LogP) is 0.790. The maximum Gasteiger partial charge on any atom is 0.251 e. The van der Waals surface area contributed by atoms with E-state index >= 15 is 0 Å². The topological polar surface area (TPSA) is 75.0 Å². The first-order valence-corrected chi connectivity index (χ1v) is 9.11. The smallest absolute Gasteiger partial charge is 0.251 e. The van der Waals surface area contributed by atoms with Gasteiger partial charge in [-0.1, -0.05) is 0 Å². The molecule has 26 heavy (non-hydrogen) atoms. The summed E-state index contributed by atoms with van der Waals surface area (Å²) in [6.07, 6.45) is 6.39. The highest BCUT2D eigenvalue weighted by Crippen LogP contribution is 2.16. The second kappa shape index (κ2) is 10.7. The molecule has 1 aromatic heterocycles. The van der Waals surface area contributed by atoms with Crippen LogP contribution >= 0.6 is 24.0 Å². The third-order valence-electron chi connectivity index (χ3n) is 4.71. The normalized spacial score (nSPS) is 20.8. The Hall–Kier alpha value is -1.36. The zero-order chi connectivity index (χ0) is 17.5. The minimum atomic E-state index is -0.216. The third kappa shape index (κ3) is 5.57. The van der Waals surface area contributed by atoms with Gasteiger partial charge in [0.1, 0.15) is 6.10 Å². The van der Waals surface area contributed by atoms with Crippen LogP contribution < -0.4 is 5.32 Å². The molecule has 8 nitrogen and oxygen atoms in total. The number of halogens is 1. The second-order valence-corrected chi connectivity index (χ2v) is 6.41. The van der Waals surface area contributed by atoms with Crippen LogP contribution in [0.3, 0.4) is 0 Å². The van der Waals surface area contributed by atoms with Crippen LogP contribution in [0.5, 0.6) is 0 Å². The van der Waals surface area contributed by atoms with Crippen molar-refractivity contribution in [1.82, 2.24) is 24.9 Å². The summed E-state index contributed by atoms with van der Waals surface area (Å²) in [7, 11) is 1.81. The van der Waals surface area contributed by atoms with Gasteiger partial charge in [0.05, 0.1) is 0 Å². The average molecular weight is 476 g/mol. The van der Waals surface area contributed by atoms with Crippen molar-refractivity contribution in [2.45, 2.75) is 31.9 Å². The molecule has 1 unspecified atom stereocenters. The lowest BCUT2D eigenvalue weighted by Gasteiger charge is -2.37. The van der Waals surface area contributed by atoms with Gasteiger partial charge < -0.3 is 19.9 Å². The quantitative estimate of drug-likeness (QED) is 0.295. The molecule has 0 bridgehead atoms. The average Bonchev–Trinajstić information content (AvgIpc) is 3.35. The molecule has 0 aliphatic carbocycles. The first-order chi connectivity index (χ1) is 12.3. The monoisotopic (exact) mass is 476 g/mol. The van der Waals surface area contributed by atoms with E-state index in [1.54, 1.807) is 13.2 Å². The molecule has 0 radical (unpaired) electrons. The van der Waals surface area contributed by atoms with Crippen molar-refractivity contribution >= 4 is 35.8 Å². The molecule has 1 N–H and O–H groups in total. The Morgan fingerprint density at radius 2 is 2.08 bits per heavy atom. The lowest BCUT2D eigenvalue weighted by atomic mass is 10.2. The van der Waals surface area contributed by atoms with Crippen molar-refractivity contribution in [2.24, 2.45) is 4.99 Å². The van der Waals surface area contributed by atoms with Gasteiger partial charge in [-0.2, -0.15) is 5.10 Å². The molecule has 1 aromatic rings. The molecule has 0 aromatic carbocycles. The first kappa shape index (κ1) is 20.9. The van der Waals surface area contributed by atoms with Crippen molar-refractivity contribution in [3.8, 4) is 0 Å². The van der Waals surface area contributed by atoms with E-state index in [0.29, 0.717) is 6.61 Å². The number of aryl methyl sites for hydroxylation is 1. The molecule has 1 amide bonds. The number of amides is 1. The fourth-order valence-corrected chi connectivity index (χ4v) is 3.32. The van der Waals surface area contributed by atoms with Gasteiger partial charge in [0.2, 0.25) is 0 Å². The highest BCUT2D eigenvalue weighted by Gasteiger charge is 2.30. The van der Waals surface area contributed by atoms with E-state index in [1.807, 2.05) is 21.8 Å². The Morgan fingerprint density at radius 1 is 1.31 bits per heavy atom. The number of rotatable bonds is 5. The van der Waals surface area contributed by atoms with Crippen molar-refractivity contribution in [2.75, 3.05) is 46.4 Å². The Bertz CT molecular complexity index is 566. The molecule has 0 saturated carbocycles. The summed E-state index contributed by atoms with van der Waals surface area (Å²) < 4.78 is 7.44. The van der Waals surface area contributed by atoms with E-state index in [9.17, 15) is 4.79 Å². The third-order valence-corrected chi connectivity index (χ3v) is 4.71. The number of ether oxygens (including phenoxy) is 1. The maximum absolute atomic E-state index is 12.4. The molecular formula is C17H29IN6O2. The van der Waals surface area contributed by atoms with E-state index in [1.165, 1.54) is 0 Å². The molecule has 2 fully saturated rings. The van der Waals surface area contributed by atoms with Crippen LogP contribution in [-0.4, -0.2) is 83.9 Å². The van der Waals surface area contributed by atoms with Gasteiger partial charge in [0, 0.05) is 65.3 Å². The summed E-state index contributed by atoms with van der Waals surface area (Å²) in [5.41, 5.74) is 0. The number of aromatic nitrogens is 2. The number of guanidine groups is 1. The summed E-state index contributed by atoms with van der Waals surface area (Å²) in [5, 5.41) is 7.61. The molecular weight excluding hydrogens is 447 g/mol. The van der Waals surface area contributed by atoms with Gasteiger partial charge in [-0.3, -0.25) is 14.5 Å². The van der Waals surface area contributed by atoms with Gasteiger partial charge in [0.15, 0.2) is 5.96 Å². The summed E-state index contributed by atoms with van der Waals surface area (Å²) in [4.78, 5) is 20.9. The highest BCUT2D eigenvalue weighted by molar-refractivity contribution is 14.0. The predicted molar refractivity (Wildman–Crippen MR) is 111 cm³/mol. The minimum absolute atomic E-state index is 0. The Labute approximate surface area is 172 Å². The maximum atomic E-state index is 12.4. The lowest BCUT2D eigenvalue weighted by molar-refractivity contribution is -0.142. The van der Waals surface area contributed by atoms with E-state index < -0.39 is 0 Å². The Balaban J connectivity index is 0.00000243. The van der Waals surface area contributed by atoms with E-state index in [0.717, 1.165) is 64.5 Å². The highest BCUT2D eigenvalue weighted by atomic mass is 127. The van der Waals surface area contributed by atoms with Gasteiger partial charge in [-0.25, -0.2) is 0 Å². The first-order valence-electron chi connectivity index (χ1n) is 9.11. The van der Waals surface area contributed by atoms with E-state index in [4.69, 9.17) is 4.74 Å². The summed E-state index contributed by atoms with van der Waals surface area (Å²) in [6, 6.07) is 1.93. The van der Waals surface area contributed by atoms with Crippen molar-refractivity contribution in [3.05, 3.63) is 18.5 Å². The number of hydrogen-bond acceptors (Lipinski definition) is 4. The second-order valence-electron chi connectivity index (χ2n) is 6.41. The van der Waals surface area contributed by atoms with E-state index in [-0.39, 0.29) is 36.0 Å². The molecule has 2 aliphatic heterocycles. The van der Waals surface area contributed by atoms with Gasteiger partial charge in [-0.05, 0) is 25.3 Å². The van der Waals surface area contributed by atoms with Crippen LogP contribution in [0.25, 0.3) is 0 Å². The fourth-order valence-electron chi connectivity index (χ4n) is 3.32. The number of nitrogens with zero attached hydrogens (tertiary/aromatic N) is 5. The van der Waals surface area contributed by atoms with Gasteiger partial charge in [0.25, 0.3) is 5.91 Å². The minimum Gasteiger partial charge on any atom is -0.368 e. The molecule has 2 aliphatic rings. The molecule has 3 heterocycles. The number of carbonyl (C=O) groups excluding carboxylic acids is 1. The Kier molecular flexibility index (Phi) is 8.63. The number of nitrogens with one attached hydrogen (secondary N) is 1. The van der Waals surface area contributed by atoms with Crippen LogP contribution in [0.1, 0.15) is 19.3 Å². The molecule has 3 rings (SSSR count). The van der Waals surface area contributed by atoms with Crippen LogP contribution in [0.15, 0.2) is 23.5 Å². The lowest BCUT2D eigenvalue weighted by Crippen LogP contribution is -2.55. The summed E-state index contributed by atoms with van der Waals surface area (Å²) in [5.74, 6) is 1.06. The number of hydrogen-bond donors (Lipinski definition) is 1. The molecule has 1 atom stereocenters. The standard InChI is InChI=1S/C17H28N6O2.HI/c1-18-17(19-6-3-8-23-9-4-7-20-23)22-12-10-21(11-13-22)16(24)15-5-2-14-25-15;/h4,7,9,15H,2-3,5-6,8,10-14H2,1H3,(H,18,19);1H. The zero-order valence-corrected chi connectivity index (χ0v) is 17.7. The van der Waals surface area contributed by atoms with Crippen LogP contribution in [-0.2, 0) is 16.1 Å². The summed E-state index contributed by atoms with van der Waals surface area (Å²) >= 11 is 0. The number of piperazine rings is 1. The van der Waals surface area contributed by atoms with Crippen LogP contribution in [0, 0.1) is 0 Å². The van der Waals surface area contributed by atoms with Crippen molar-refractivity contribution < 1.29 is 9.53 Å². The van der Waals surface area contributed by atoms with Crippen molar-refractivity contribution in [1.29, 1.82) is 0 Å². The Morgan fingerprint density at radius 3 is 2.69 bits per heavy atom. The summed E-state index contributed by atoms with van der Waals surface area (Å²) in [6.45, 7) is 5.52. The largest absolute Gasteiger partial charge is 0.368 e. The van der Waals surface area contributed by atoms with Gasteiger partial charge >= 0.3 is 0 Å². The van der Waals surface area contributed by atoms with Crippen LogP contribution in [0.2, 0.25) is 0 Å². The van der Waals surface area contributed by atoms with Crippen molar-refractivity contribution in [3.63, 3.8) is 0 Å². The fraction of sp³-hybridized carbons (Fsp3) is 0.706. The SMILES string of the molecule is CN=C(NCCCn1cccn1)N1CCN(C(=O)C2CCCO2)CC1.I. The van der Waals surface area contributed by atoms with E-state index in [2.05, 4.69) is 20.3 Å². The van der Waals surface area contributed by atoms with Crippen LogP contribution in [0.4, 0.5) is 0 Å². The number of carbonyl (C=O) groups is 1. The number of aliphatic imine (C=N–C) groups is 1. The van der Waals surface area contributed by atoms with Gasteiger partial charge in [-0.15, -0.1) is 24.0 Å². The molecule has 2 saturated heterocycles. The zero-order valence-electron chi connectivity index (χ0n) is 15.3.